The van der Waals surface area contributed by atoms with Crippen LogP contribution in [-0.2, 0) is 6.42 Å². The zero-order chi connectivity index (χ0) is 16.5. The zero-order valence-electron chi connectivity index (χ0n) is 13.3. The molecule has 0 amide bonds. The van der Waals surface area contributed by atoms with Crippen molar-refractivity contribution in [2.75, 3.05) is 13.8 Å². The number of nitrogens with one attached hydrogen (secondary N) is 1. The number of nitrogens with zero attached hydrogens (tertiary/aromatic N) is 3. The Morgan fingerprint density at radius 1 is 1.25 bits per heavy atom. The summed E-state index contributed by atoms with van der Waals surface area (Å²) in [5.41, 5.74) is 1.66. The molecule has 24 heavy (non-hydrogen) atoms. The van der Waals surface area contributed by atoms with Crippen LogP contribution < -0.4 is 14.8 Å². The maximum absolute atomic E-state index is 5.41. The Labute approximate surface area is 142 Å². The SMILES string of the molecule is CNC(C)Cc1noc(-c2csc(-c3ccc4c(c3)OCO4)n2)n1. The zero-order valence-corrected chi connectivity index (χ0v) is 14.1. The van der Waals surface area contributed by atoms with Gasteiger partial charge in [-0.2, -0.15) is 4.98 Å². The maximum Gasteiger partial charge on any atom is 0.277 e. The van der Waals surface area contributed by atoms with E-state index in [1.165, 1.54) is 11.3 Å². The number of fused-ring (bicyclic) bond motifs is 1. The van der Waals surface area contributed by atoms with Gasteiger partial charge in [-0.25, -0.2) is 4.98 Å². The van der Waals surface area contributed by atoms with Crippen LogP contribution in [0.25, 0.3) is 22.2 Å². The van der Waals surface area contributed by atoms with Gasteiger partial charge in [-0.05, 0) is 32.2 Å². The lowest BCUT2D eigenvalue weighted by atomic mass is 10.2. The van der Waals surface area contributed by atoms with Gasteiger partial charge in [0.2, 0.25) is 6.79 Å². The van der Waals surface area contributed by atoms with Gasteiger partial charge in [0.1, 0.15) is 10.7 Å². The Morgan fingerprint density at radius 3 is 3.00 bits per heavy atom. The Hall–Kier alpha value is -2.45. The lowest BCUT2D eigenvalue weighted by Crippen LogP contribution is -2.24. The lowest BCUT2D eigenvalue weighted by molar-refractivity contribution is 0.174. The molecular formula is C16H16N4O3S. The summed E-state index contributed by atoms with van der Waals surface area (Å²) in [7, 11) is 1.91. The molecule has 1 aliphatic heterocycles. The smallest absolute Gasteiger partial charge is 0.277 e. The second kappa shape index (κ2) is 6.21. The van der Waals surface area contributed by atoms with E-state index in [0.29, 0.717) is 23.8 Å². The molecule has 0 saturated heterocycles. The third kappa shape index (κ3) is 2.85. The van der Waals surface area contributed by atoms with E-state index >= 15 is 0 Å². The average molecular weight is 344 g/mol. The van der Waals surface area contributed by atoms with Crippen molar-refractivity contribution in [3.63, 3.8) is 0 Å². The second-order valence-electron chi connectivity index (χ2n) is 5.52. The predicted octanol–water partition coefficient (Wildman–Crippen LogP) is 2.74. The Bertz CT molecular complexity index is 861. The molecule has 1 aromatic carbocycles. The molecule has 0 aliphatic carbocycles. The van der Waals surface area contributed by atoms with Gasteiger partial charge in [0, 0.05) is 23.4 Å². The minimum atomic E-state index is 0.262. The first kappa shape index (κ1) is 15.1. The van der Waals surface area contributed by atoms with Crippen molar-refractivity contribution in [1.82, 2.24) is 20.4 Å². The molecule has 1 atom stereocenters. The van der Waals surface area contributed by atoms with Crippen LogP contribution in [0.2, 0.25) is 0 Å². The summed E-state index contributed by atoms with van der Waals surface area (Å²) >= 11 is 1.52. The molecule has 3 aromatic rings. The Morgan fingerprint density at radius 2 is 2.12 bits per heavy atom. The van der Waals surface area contributed by atoms with Gasteiger partial charge in [-0.3, -0.25) is 0 Å². The van der Waals surface area contributed by atoms with Crippen LogP contribution in [0.1, 0.15) is 12.7 Å². The number of hydrogen-bond acceptors (Lipinski definition) is 8. The van der Waals surface area contributed by atoms with E-state index in [4.69, 9.17) is 14.0 Å². The topological polar surface area (TPSA) is 82.3 Å². The van der Waals surface area contributed by atoms with Crippen molar-refractivity contribution in [2.24, 2.45) is 0 Å². The summed E-state index contributed by atoms with van der Waals surface area (Å²) in [6.45, 7) is 2.33. The maximum atomic E-state index is 5.41. The molecule has 1 N–H and O–H groups in total. The molecular weight excluding hydrogens is 328 g/mol. The molecule has 4 rings (SSSR count). The highest BCUT2D eigenvalue weighted by molar-refractivity contribution is 7.13. The van der Waals surface area contributed by atoms with E-state index in [9.17, 15) is 0 Å². The van der Waals surface area contributed by atoms with Crippen LogP contribution >= 0.6 is 11.3 Å². The minimum absolute atomic E-state index is 0.262. The molecule has 0 saturated carbocycles. The lowest BCUT2D eigenvalue weighted by Gasteiger charge is -2.04. The number of hydrogen-bond donors (Lipinski definition) is 1. The Balaban J connectivity index is 1.56. The summed E-state index contributed by atoms with van der Waals surface area (Å²) in [6, 6.07) is 6.07. The average Bonchev–Trinajstić information content (AvgIpc) is 3.33. The van der Waals surface area contributed by atoms with Crippen molar-refractivity contribution in [2.45, 2.75) is 19.4 Å². The van der Waals surface area contributed by atoms with E-state index < -0.39 is 0 Å². The molecule has 1 aliphatic rings. The first-order valence-corrected chi connectivity index (χ1v) is 8.46. The molecule has 7 nitrogen and oxygen atoms in total. The third-order valence-electron chi connectivity index (χ3n) is 3.79. The van der Waals surface area contributed by atoms with Crippen LogP contribution in [0.5, 0.6) is 11.5 Å². The van der Waals surface area contributed by atoms with Gasteiger partial charge < -0.3 is 19.3 Å². The molecule has 3 heterocycles. The van der Waals surface area contributed by atoms with E-state index in [2.05, 4.69) is 27.4 Å². The standard InChI is InChI=1S/C16H16N4O3S/c1-9(17-2)5-14-19-15(23-20-14)11-7-24-16(18-11)10-3-4-12-13(6-10)22-8-21-12/h3-4,6-7,9,17H,5,8H2,1-2H3. The summed E-state index contributed by atoms with van der Waals surface area (Å²) < 4.78 is 16.1. The van der Waals surface area contributed by atoms with Crippen molar-refractivity contribution in [1.29, 1.82) is 0 Å². The van der Waals surface area contributed by atoms with E-state index in [-0.39, 0.29) is 12.8 Å². The number of benzene rings is 1. The largest absolute Gasteiger partial charge is 0.454 e. The van der Waals surface area contributed by atoms with Crippen LogP contribution in [0, 0.1) is 0 Å². The van der Waals surface area contributed by atoms with Crippen molar-refractivity contribution < 1.29 is 14.0 Å². The van der Waals surface area contributed by atoms with E-state index in [1.54, 1.807) is 0 Å². The fourth-order valence-corrected chi connectivity index (χ4v) is 3.14. The number of aromatic nitrogens is 3. The van der Waals surface area contributed by atoms with E-state index in [1.807, 2.05) is 30.6 Å². The van der Waals surface area contributed by atoms with Crippen molar-refractivity contribution >= 4 is 11.3 Å². The number of likely N-dealkylation sites (N-methyl/N-ethyl adjacent to an activating group) is 1. The summed E-state index contributed by atoms with van der Waals surface area (Å²) in [6.07, 6.45) is 0.707. The molecule has 2 aromatic heterocycles. The molecule has 0 fully saturated rings. The molecule has 1 unspecified atom stereocenters. The highest BCUT2D eigenvalue weighted by atomic mass is 32.1. The van der Waals surface area contributed by atoms with Crippen molar-refractivity contribution in [3.8, 4) is 33.7 Å². The van der Waals surface area contributed by atoms with Gasteiger partial charge in [-0.1, -0.05) is 5.16 Å². The number of rotatable bonds is 5. The molecule has 124 valence electrons. The third-order valence-corrected chi connectivity index (χ3v) is 4.68. The molecule has 0 bridgehead atoms. The second-order valence-corrected chi connectivity index (χ2v) is 6.37. The van der Waals surface area contributed by atoms with Crippen molar-refractivity contribution in [3.05, 3.63) is 29.4 Å². The van der Waals surface area contributed by atoms with Gasteiger partial charge in [0.15, 0.2) is 17.3 Å². The Kier molecular flexibility index (Phi) is 3.91. The number of thiazole rings is 1. The summed E-state index contributed by atoms with van der Waals surface area (Å²) in [5, 5.41) is 9.95. The van der Waals surface area contributed by atoms with Gasteiger partial charge in [0.05, 0.1) is 0 Å². The first-order valence-electron chi connectivity index (χ1n) is 7.58. The summed E-state index contributed by atoms with van der Waals surface area (Å²) in [4.78, 5) is 9.01. The quantitative estimate of drug-likeness (QED) is 0.762. The van der Waals surface area contributed by atoms with Crippen LogP contribution in [0.15, 0.2) is 28.1 Å². The van der Waals surface area contributed by atoms with E-state index in [0.717, 1.165) is 22.1 Å². The van der Waals surface area contributed by atoms with Gasteiger partial charge >= 0.3 is 0 Å². The van der Waals surface area contributed by atoms with Crippen LogP contribution in [0.3, 0.4) is 0 Å². The van der Waals surface area contributed by atoms with Crippen LogP contribution in [-0.4, -0.2) is 35.0 Å². The van der Waals surface area contributed by atoms with Gasteiger partial charge in [-0.15, -0.1) is 11.3 Å². The predicted molar refractivity (Wildman–Crippen MR) is 89.2 cm³/mol. The summed E-state index contributed by atoms with van der Waals surface area (Å²) in [5.74, 6) is 2.61. The highest BCUT2D eigenvalue weighted by Gasteiger charge is 2.17. The van der Waals surface area contributed by atoms with Crippen LogP contribution in [0.4, 0.5) is 0 Å². The molecule has 8 heteroatoms. The first-order chi connectivity index (χ1) is 11.7. The number of ether oxygens (including phenoxy) is 2. The normalized spacial score (nSPS) is 14.1. The monoisotopic (exact) mass is 344 g/mol. The fraction of sp³-hybridized carbons (Fsp3) is 0.312. The highest BCUT2D eigenvalue weighted by Crippen LogP contribution is 2.37. The molecule has 0 radical (unpaired) electrons. The minimum Gasteiger partial charge on any atom is -0.454 e. The fourth-order valence-electron chi connectivity index (χ4n) is 2.35. The molecule has 0 spiro atoms. The van der Waals surface area contributed by atoms with Gasteiger partial charge in [0.25, 0.3) is 5.89 Å².